The SMILES string of the molecule is O=C1NC2[CH]C=CC=C2O1. The molecule has 10 heavy (non-hydrogen) atoms. The lowest BCUT2D eigenvalue weighted by atomic mass is 10.1. The van der Waals surface area contributed by atoms with E-state index in [1.54, 1.807) is 6.08 Å². The van der Waals surface area contributed by atoms with Gasteiger partial charge in [-0.1, -0.05) is 12.2 Å². The molecular formula is C7H6NO2. The molecule has 1 aliphatic heterocycles. The van der Waals surface area contributed by atoms with Crippen LogP contribution in [0.3, 0.4) is 0 Å². The summed E-state index contributed by atoms with van der Waals surface area (Å²) in [6.07, 6.45) is 7.01. The van der Waals surface area contributed by atoms with E-state index in [0.717, 1.165) is 0 Å². The maximum absolute atomic E-state index is 10.6. The van der Waals surface area contributed by atoms with Crippen LogP contribution in [0.4, 0.5) is 4.79 Å². The predicted molar refractivity (Wildman–Crippen MR) is 34.9 cm³/mol. The zero-order valence-corrected chi connectivity index (χ0v) is 5.20. The van der Waals surface area contributed by atoms with Crippen molar-refractivity contribution in [1.29, 1.82) is 0 Å². The Morgan fingerprint density at radius 1 is 1.50 bits per heavy atom. The van der Waals surface area contributed by atoms with Gasteiger partial charge in [-0.25, -0.2) is 4.79 Å². The molecule has 51 valence electrons. The summed E-state index contributed by atoms with van der Waals surface area (Å²) in [6, 6.07) is -0.0301. The molecule has 3 heteroatoms. The number of rotatable bonds is 0. The van der Waals surface area contributed by atoms with Crippen molar-refractivity contribution < 1.29 is 9.53 Å². The first-order chi connectivity index (χ1) is 4.86. The van der Waals surface area contributed by atoms with E-state index < -0.39 is 0 Å². The van der Waals surface area contributed by atoms with E-state index in [9.17, 15) is 4.79 Å². The summed E-state index contributed by atoms with van der Waals surface area (Å²) < 4.78 is 4.79. The van der Waals surface area contributed by atoms with Gasteiger partial charge >= 0.3 is 6.09 Å². The zero-order chi connectivity index (χ0) is 6.97. The quantitative estimate of drug-likeness (QED) is 0.533. The van der Waals surface area contributed by atoms with E-state index in [-0.39, 0.29) is 12.1 Å². The fourth-order valence-corrected chi connectivity index (χ4v) is 1.00. The maximum Gasteiger partial charge on any atom is 0.412 e. The first kappa shape index (κ1) is 5.53. The second kappa shape index (κ2) is 1.87. The van der Waals surface area contributed by atoms with Gasteiger partial charge in [0.05, 0.1) is 6.04 Å². The van der Waals surface area contributed by atoms with Gasteiger partial charge in [-0.3, -0.25) is 0 Å². The molecule has 0 bridgehead atoms. The summed E-state index contributed by atoms with van der Waals surface area (Å²) in [4.78, 5) is 10.6. The van der Waals surface area contributed by atoms with E-state index in [0.29, 0.717) is 5.76 Å². The molecule has 0 spiro atoms. The summed E-state index contributed by atoms with van der Waals surface area (Å²) in [5, 5.41) is 2.62. The molecule has 1 unspecified atom stereocenters. The maximum atomic E-state index is 10.6. The molecule has 2 aliphatic rings. The number of amides is 1. The van der Waals surface area contributed by atoms with Crippen molar-refractivity contribution in [3.8, 4) is 0 Å². The average molecular weight is 136 g/mol. The molecule has 2 rings (SSSR count). The van der Waals surface area contributed by atoms with E-state index in [1.165, 1.54) is 0 Å². The smallest absolute Gasteiger partial charge is 0.412 e. The number of carbonyl (C=O) groups is 1. The van der Waals surface area contributed by atoms with E-state index in [1.807, 2.05) is 18.6 Å². The van der Waals surface area contributed by atoms with E-state index in [2.05, 4.69) is 5.32 Å². The molecule has 1 radical (unpaired) electrons. The van der Waals surface area contributed by atoms with Crippen molar-refractivity contribution in [3.63, 3.8) is 0 Å². The molecule has 0 aromatic carbocycles. The van der Waals surface area contributed by atoms with Crippen molar-refractivity contribution in [2.24, 2.45) is 0 Å². The molecule has 1 N–H and O–H groups in total. The Kier molecular flexibility index (Phi) is 1.03. The van der Waals surface area contributed by atoms with Crippen LogP contribution in [-0.4, -0.2) is 12.1 Å². The fraction of sp³-hybridized carbons (Fsp3) is 0.143. The third kappa shape index (κ3) is 0.708. The number of allylic oxidation sites excluding steroid dienone is 2. The lowest BCUT2D eigenvalue weighted by molar-refractivity contribution is 0.195. The van der Waals surface area contributed by atoms with Crippen LogP contribution in [0, 0.1) is 6.42 Å². The van der Waals surface area contributed by atoms with Crippen molar-refractivity contribution in [3.05, 3.63) is 30.4 Å². The Morgan fingerprint density at radius 3 is 3.20 bits per heavy atom. The van der Waals surface area contributed by atoms with E-state index in [4.69, 9.17) is 4.74 Å². The Bertz CT molecular complexity index is 230. The summed E-state index contributed by atoms with van der Waals surface area (Å²) >= 11 is 0. The van der Waals surface area contributed by atoms with Crippen molar-refractivity contribution in [2.45, 2.75) is 6.04 Å². The van der Waals surface area contributed by atoms with Gasteiger partial charge in [0.15, 0.2) is 0 Å². The highest BCUT2D eigenvalue weighted by Gasteiger charge is 2.28. The Morgan fingerprint density at radius 2 is 2.40 bits per heavy atom. The van der Waals surface area contributed by atoms with Gasteiger partial charge in [-0.15, -0.1) is 0 Å². The standard InChI is InChI=1S/C7H6NO2/c9-7-8-5-3-1-2-4-6(5)10-7/h1-5H,(H,8,9). The summed E-state index contributed by atoms with van der Waals surface area (Å²) in [5.74, 6) is 0.688. The van der Waals surface area contributed by atoms with Gasteiger partial charge in [0.1, 0.15) is 5.76 Å². The normalized spacial score (nSPS) is 28.6. The zero-order valence-electron chi connectivity index (χ0n) is 5.20. The molecule has 1 atom stereocenters. The van der Waals surface area contributed by atoms with Gasteiger partial charge in [0.25, 0.3) is 0 Å². The highest BCUT2D eigenvalue weighted by molar-refractivity contribution is 5.73. The number of hydrogen-bond donors (Lipinski definition) is 1. The van der Waals surface area contributed by atoms with Gasteiger partial charge in [-0.05, 0) is 6.08 Å². The van der Waals surface area contributed by atoms with Crippen LogP contribution in [0.15, 0.2) is 24.0 Å². The molecule has 1 heterocycles. The number of alkyl carbamates (subject to hydrolysis) is 1. The number of fused-ring (bicyclic) bond motifs is 1. The monoisotopic (exact) mass is 136 g/mol. The van der Waals surface area contributed by atoms with Crippen LogP contribution in [0.25, 0.3) is 0 Å². The molecule has 0 aromatic heterocycles. The third-order valence-corrected chi connectivity index (χ3v) is 1.47. The lowest BCUT2D eigenvalue weighted by Gasteiger charge is -2.06. The van der Waals surface area contributed by atoms with Crippen LogP contribution in [0.5, 0.6) is 0 Å². The highest BCUT2D eigenvalue weighted by Crippen LogP contribution is 2.18. The van der Waals surface area contributed by atoms with Crippen LogP contribution >= 0.6 is 0 Å². The first-order valence-electron chi connectivity index (χ1n) is 3.06. The van der Waals surface area contributed by atoms with Crippen molar-refractivity contribution in [1.82, 2.24) is 5.32 Å². The minimum Gasteiger partial charge on any atom is -0.413 e. The first-order valence-corrected chi connectivity index (χ1v) is 3.06. The fourth-order valence-electron chi connectivity index (χ4n) is 1.00. The second-order valence-electron chi connectivity index (χ2n) is 2.16. The molecule has 3 nitrogen and oxygen atoms in total. The number of ether oxygens (including phenoxy) is 1. The van der Waals surface area contributed by atoms with Gasteiger partial charge in [0.2, 0.25) is 0 Å². The number of nitrogens with one attached hydrogen (secondary N) is 1. The average Bonchev–Trinajstić information content (AvgIpc) is 2.27. The van der Waals surface area contributed by atoms with Gasteiger partial charge in [0, 0.05) is 6.42 Å². The number of carbonyl (C=O) groups excluding carboxylic acids is 1. The summed E-state index contributed by atoms with van der Waals surface area (Å²) in [6.45, 7) is 0. The Balaban J connectivity index is 2.26. The molecular weight excluding hydrogens is 130 g/mol. The Hall–Kier alpha value is -1.25. The van der Waals surface area contributed by atoms with Crippen molar-refractivity contribution >= 4 is 6.09 Å². The molecule has 1 amide bonds. The minimum absolute atomic E-state index is 0.0301. The minimum atomic E-state index is -0.365. The van der Waals surface area contributed by atoms with E-state index >= 15 is 0 Å². The van der Waals surface area contributed by atoms with Crippen LogP contribution in [0.2, 0.25) is 0 Å². The van der Waals surface area contributed by atoms with Crippen molar-refractivity contribution in [2.75, 3.05) is 0 Å². The third-order valence-electron chi connectivity index (χ3n) is 1.47. The molecule has 0 aromatic rings. The molecule has 1 fully saturated rings. The topological polar surface area (TPSA) is 38.3 Å². The Labute approximate surface area is 58.4 Å². The number of hydrogen-bond acceptors (Lipinski definition) is 2. The molecule has 0 saturated carbocycles. The predicted octanol–water partition coefficient (Wildman–Crippen LogP) is 0.753. The van der Waals surface area contributed by atoms with Crippen LogP contribution < -0.4 is 5.32 Å². The molecule has 1 aliphatic carbocycles. The van der Waals surface area contributed by atoms with Gasteiger partial charge in [-0.2, -0.15) is 0 Å². The largest absolute Gasteiger partial charge is 0.413 e. The van der Waals surface area contributed by atoms with Crippen LogP contribution in [-0.2, 0) is 4.74 Å². The summed E-state index contributed by atoms with van der Waals surface area (Å²) in [7, 11) is 0. The highest BCUT2D eigenvalue weighted by atomic mass is 16.6. The second-order valence-corrected chi connectivity index (χ2v) is 2.16. The lowest BCUT2D eigenvalue weighted by Crippen LogP contribution is -2.25. The van der Waals surface area contributed by atoms with Crippen LogP contribution in [0.1, 0.15) is 0 Å². The summed E-state index contributed by atoms with van der Waals surface area (Å²) in [5.41, 5.74) is 0. The van der Waals surface area contributed by atoms with Gasteiger partial charge < -0.3 is 10.1 Å². The molecule has 1 saturated heterocycles.